The van der Waals surface area contributed by atoms with Crippen LogP contribution in [0.15, 0.2) is 12.2 Å². The molecule has 0 aromatic carbocycles. The fraction of sp³-hybridized carbons (Fsp3) is 0.778. The van der Waals surface area contributed by atoms with Crippen LogP contribution in [0.1, 0.15) is 27.7 Å². The van der Waals surface area contributed by atoms with Crippen LogP contribution < -0.4 is 0 Å². The van der Waals surface area contributed by atoms with Gasteiger partial charge in [-0.25, -0.2) is 0 Å². The van der Waals surface area contributed by atoms with Crippen molar-refractivity contribution in [3.05, 3.63) is 12.2 Å². The van der Waals surface area contributed by atoms with Crippen LogP contribution >= 0.6 is 0 Å². The number of rotatable bonds is 3. The van der Waals surface area contributed by atoms with E-state index in [9.17, 15) is 10.2 Å². The van der Waals surface area contributed by atoms with Gasteiger partial charge in [0, 0.05) is 0 Å². The zero-order chi connectivity index (χ0) is 9.07. The van der Waals surface area contributed by atoms with E-state index in [1.54, 1.807) is 19.1 Å². The maximum Gasteiger partial charge on any atom is 0.106 e. The number of allylic oxidation sites excluding steroid dienone is 1. The van der Waals surface area contributed by atoms with Gasteiger partial charge in [-0.3, -0.25) is 0 Å². The summed E-state index contributed by atoms with van der Waals surface area (Å²) in [6, 6.07) is 0. The van der Waals surface area contributed by atoms with Crippen LogP contribution in [0.25, 0.3) is 0 Å². The van der Waals surface area contributed by atoms with Crippen molar-refractivity contribution in [3.63, 3.8) is 0 Å². The molecule has 2 atom stereocenters. The summed E-state index contributed by atoms with van der Waals surface area (Å²) < 4.78 is 0. The van der Waals surface area contributed by atoms with E-state index >= 15 is 0 Å². The van der Waals surface area contributed by atoms with Crippen molar-refractivity contribution in [3.8, 4) is 0 Å². The number of hydrogen-bond donors (Lipinski definition) is 2. The van der Waals surface area contributed by atoms with Crippen LogP contribution in [0.5, 0.6) is 0 Å². The lowest BCUT2D eigenvalue weighted by Gasteiger charge is -2.28. The number of aliphatic hydroxyl groups excluding tert-OH is 1. The smallest absolute Gasteiger partial charge is 0.106 e. The molecule has 0 aromatic heterocycles. The van der Waals surface area contributed by atoms with Gasteiger partial charge in [-0.2, -0.15) is 0 Å². The lowest BCUT2D eigenvalue weighted by molar-refractivity contribution is -0.0497. The second kappa shape index (κ2) is 3.88. The molecule has 0 saturated carbocycles. The predicted molar refractivity (Wildman–Crippen MR) is 46.3 cm³/mol. The topological polar surface area (TPSA) is 40.5 Å². The van der Waals surface area contributed by atoms with Gasteiger partial charge in [0.05, 0.1) is 6.10 Å². The van der Waals surface area contributed by atoms with Gasteiger partial charge in [-0.1, -0.05) is 26.0 Å². The number of aliphatic hydroxyl groups is 2. The van der Waals surface area contributed by atoms with Gasteiger partial charge in [-0.05, 0) is 19.8 Å². The van der Waals surface area contributed by atoms with Gasteiger partial charge in [0.15, 0.2) is 0 Å². The van der Waals surface area contributed by atoms with Crippen molar-refractivity contribution in [1.82, 2.24) is 0 Å². The molecule has 0 amide bonds. The summed E-state index contributed by atoms with van der Waals surface area (Å²) in [5.41, 5.74) is -1.09. The van der Waals surface area contributed by atoms with Crippen LogP contribution in [0.4, 0.5) is 0 Å². The van der Waals surface area contributed by atoms with Crippen molar-refractivity contribution < 1.29 is 10.2 Å². The fourth-order valence-electron chi connectivity index (χ4n) is 1.11. The molecule has 0 saturated heterocycles. The first kappa shape index (κ1) is 10.7. The SMILES string of the molecule is C/C=C/C(C)(O)C(O)C(C)C. The molecule has 0 bridgehead atoms. The van der Waals surface area contributed by atoms with Gasteiger partial charge in [-0.15, -0.1) is 0 Å². The molecule has 66 valence electrons. The van der Waals surface area contributed by atoms with Gasteiger partial charge >= 0.3 is 0 Å². The summed E-state index contributed by atoms with van der Waals surface area (Å²) in [5, 5.41) is 19.1. The summed E-state index contributed by atoms with van der Waals surface area (Å²) in [6.45, 7) is 7.18. The standard InChI is InChI=1S/C9H18O2/c1-5-6-9(4,11)8(10)7(2)3/h5-8,10-11H,1-4H3/b6-5+. The monoisotopic (exact) mass is 158 g/mol. The first-order valence-corrected chi connectivity index (χ1v) is 3.96. The minimum absolute atomic E-state index is 0.0706. The van der Waals surface area contributed by atoms with Crippen molar-refractivity contribution >= 4 is 0 Å². The maximum atomic E-state index is 9.62. The Kier molecular flexibility index (Phi) is 3.76. The molecule has 2 unspecified atom stereocenters. The Morgan fingerprint density at radius 2 is 1.82 bits per heavy atom. The Labute approximate surface area is 68.6 Å². The van der Waals surface area contributed by atoms with Crippen LogP contribution in [0.3, 0.4) is 0 Å². The van der Waals surface area contributed by atoms with E-state index in [-0.39, 0.29) is 5.92 Å². The highest BCUT2D eigenvalue weighted by atomic mass is 16.3. The second-order valence-electron chi connectivity index (χ2n) is 3.41. The first-order valence-electron chi connectivity index (χ1n) is 3.96. The normalized spacial score (nSPS) is 20.6. The van der Waals surface area contributed by atoms with E-state index in [0.29, 0.717) is 0 Å². The summed E-state index contributed by atoms with van der Waals surface area (Å²) in [7, 11) is 0. The van der Waals surface area contributed by atoms with Crippen molar-refractivity contribution in [1.29, 1.82) is 0 Å². The zero-order valence-corrected chi connectivity index (χ0v) is 7.70. The third-order valence-corrected chi connectivity index (χ3v) is 1.73. The Morgan fingerprint density at radius 1 is 1.36 bits per heavy atom. The lowest BCUT2D eigenvalue weighted by Crippen LogP contribution is -2.40. The van der Waals surface area contributed by atoms with E-state index in [4.69, 9.17) is 0 Å². The lowest BCUT2D eigenvalue weighted by atomic mass is 9.90. The highest BCUT2D eigenvalue weighted by Crippen LogP contribution is 2.18. The molecule has 0 rings (SSSR count). The average molecular weight is 158 g/mol. The van der Waals surface area contributed by atoms with Crippen molar-refractivity contribution in [2.45, 2.75) is 39.4 Å². The van der Waals surface area contributed by atoms with Gasteiger partial charge in [0.1, 0.15) is 5.60 Å². The van der Waals surface area contributed by atoms with Crippen LogP contribution in [-0.4, -0.2) is 21.9 Å². The van der Waals surface area contributed by atoms with Crippen LogP contribution in [0, 0.1) is 5.92 Å². The average Bonchev–Trinajstić information content (AvgIpc) is 1.86. The molecule has 2 nitrogen and oxygen atoms in total. The highest BCUT2D eigenvalue weighted by molar-refractivity contribution is 5.01. The van der Waals surface area contributed by atoms with Crippen LogP contribution in [0.2, 0.25) is 0 Å². The largest absolute Gasteiger partial charge is 0.390 e. The highest BCUT2D eigenvalue weighted by Gasteiger charge is 2.29. The molecule has 0 aliphatic rings. The van der Waals surface area contributed by atoms with E-state index in [0.717, 1.165) is 0 Å². The van der Waals surface area contributed by atoms with E-state index < -0.39 is 11.7 Å². The van der Waals surface area contributed by atoms with Gasteiger partial charge in [0.25, 0.3) is 0 Å². The molecule has 0 aliphatic heterocycles. The van der Waals surface area contributed by atoms with Crippen molar-refractivity contribution in [2.24, 2.45) is 5.92 Å². The molecule has 0 spiro atoms. The Hall–Kier alpha value is -0.340. The Balaban J connectivity index is 4.28. The minimum Gasteiger partial charge on any atom is -0.390 e. The molecule has 2 N–H and O–H groups in total. The molecule has 0 fully saturated rings. The van der Waals surface area contributed by atoms with Gasteiger partial charge in [0.2, 0.25) is 0 Å². The summed E-state index contributed by atoms with van der Waals surface area (Å²) in [6.07, 6.45) is 2.65. The molecular formula is C9H18O2. The Bertz CT molecular complexity index is 136. The molecule has 11 heavy (non-hydrogen) atoms. The summed E-state index contributed by atoms with van der Waals surface area (Å²) in [4.78, 5) is 0. The zero-order valence-electron chi connectivity index (χ0n) is 7.70. The fourth-order valence-corrected chi connectivity index (χ4v) is 1.11. The molecule has 2 heteroatoms. The third kappa shape index (κ3) is 3.04. The molecule has 0 aromatic rings. The summed E-state index contributed by atoms with van der Waals surface area (Å²) in [5.74, 6) is 0.0706. The van der Waals surface area contributed by atoms with Gasteiger partial charge < -0.3 is 10.2 Å². The molecular weight excluding hydrogens is 140 g/mol. The van der Waals surface area contributed by atoms with E-state index in [1.165, 1.54) is 0 Å². The maximum absolute atomic E-state index is 9.62. The Morgan fingerprint density at radius 3 is 2.09 bits per heavy atom. The molecule has 0 aliphatic carbocycles. The molecule has 0 radical (unpaired) electrons. The second-order valence-corrected chi connectivity index (χ2v) is 3.41. The number of hydrogen-bond acceptors (Lipinski definition) is 2. The van der Waals surface area contributed by atoms with Crippen molar-refractivity contribution in [2.75, 3.05) is 0 Å². The van der Waals surface area contributed by atoms with E-state index in [1.807, 2.05) is 20.8 Å². The molecule has 0 heterocycles. The quantitative estimate of drug-likeness (QED) is 0.608. The van der Waals surface area contributed by atoms with E-state index in [2.05, 4.69) is 0 Å². The summed E-state index contributed by atoms with van der Waals surface area (Å²) >= 11 is 0. The predicted octanol–water partition coefficient (Wildman–Crippen LogP) is 1.33. The minimum atomic E-state index is -1.09. The third-order valence-electron chi connectivity index (χ3n) is 1.73. The first-order chi connectivity index (χ1) is 4.91. The van der Waals surface area contributed by atoms with Crippen LogP contribution in [-0.2, 0) is 0 Å².